The minimum atomic E-state index is -1.47. The Morgan fingerprint density at radius 2 is 1.91 bits per heavy atom. The van der Waals surface area contributed by atoms with E-state index in [0.717, 1.165) is 12.3 Å². The number of carboxylic acid groups (broad SMARTS) is 1. The second-order valence-electron chi connectivity index (χ2n) is 8.27. The van der Waals surface area contributed by atoms with Crippen molar-refractivity contribution >= 4 is 22.6 Å². The van der Waals surface area contributed by atoms with E-state index in [2.05, 4.69) is 4.98 Å². The van der Waals surface area contributed by atoms with E-state index >= 15 is 8.78 Å². The number of pyridine rings is 2. The van der Waals surface area contributed by atoms with Crippen LogP contribution in [-0.4, -0.2) is 39.8 Å². The van der Waals surface area contributed by atoms with Crippen molar-refractivity contribution in [3.63, 3.8) is 0 Å². The van der Waals surface area contributed by atoms with Crippen LogP contribution >= 0.6 is 0 Å². The molecule has 0 unspecified atom stereocenters. The fourth-order valence-electron chi connectivity index (χ4n) is 4.53. The number of nitrogens with zero attached hydrogens (tertiary/aromatic N) is 3. The fraction of sp³-hybridized carbons (Fsp3) is 0.192. The lowest BCUT2D eigenvalue weighted by atomic mass is 10.1. The lowest BCUT2D eigenvalue weighted by Gasteiger charge is -2.28. The Labute approximate surface area is 198 Å². The first kappa shape index (κ1) is 22.5. The maximum absolute atomic E-state index is 16.1. The van der Waals surface area contributed by atoms with Crippen LogP contribution in [0.1, 0.15) is 23.2 Å². The molecule has 2 aromatic heterocycles. The van der Waals surface area contributed by atoms with E-state index in [9.17, 15) is 14.7 Å². The molecule has 1 aliphatic rings. The lowest BCUT2D eigenvalue weighted by molar-refractivity contribution is 0.0695. The van der Waals surface area contributed by atoms with Gasteiger partial charge in [-0.15, -0.1) is 0 Å². The van der Waals surface area contributed by atoms with Gasteiger partial charge in [-0.1, -0.05) is 24.3 Å². The highest BCUT2D eigenvalue weighted by Crippen LogP contribution is 2.35. The van der Waals surface area contributed by atoms with Crippen LogP contribution in [0, 0.1) is 11.6 Å². The number of ether oxygens (including phenoxy) is 1. The number of hydrogen-bond donors (Lipinski definition) is 1. The minimum Gasteiger partial charge on any atom is -0.477 e. The molecule has 0 aliphatic carbocycles. The second-order valence-corrected chi connectivity index (χ2v) is 8.27. The number of anilines is 1. The first-order valence-electron chi connectivity index (χ1n) is 11.1. The second kappa shape index (κ2) is 9.17. The van der Waals surface area contributed by atoms with Crippen molar-refractivity contribution in [3.05, 3.63) is 94.4 Å². The molecule has 2 aromatic carbocycles. The van der Waals surface area contributed by atoms with Crippen molar-refractivity contribution in [1.29, 1.82) is 0 Å². The first-order chi connectivity index (χ1) is 17.0. The Kier molecular flexibility index (Phi) is 5.90. The van der Waals surface area contributed by atoms with Gasteiger partial charge in [0.05, 0.1) is 16.9 Å². The summed E-state index contributed by atoms with van der Waals surface area (Å²) in [6, 6.07) is 14.3. The SMILES string of the molecule is O=C(O)c1cn(-c2ccccc2)c2c(F)c(N3CCC[C@@H]3COc3ccccn3)c(F)cc2c1=O. The number of carbonyl (C=O) groups is 1. The molecule has 35 heavy (non-hydrogen) atoms. The topological polar surface area (TPSA) is 84.7 Å². The maximum atomic E-state index is 16.1. The average Bonchev–Trinajstić information content (AvgIpc) is 3.32. The van der Waals surface area contributed by atoms with E-state index in [-0.39, 0.29) is 29.2 Å². The largest absolute Gasteiger partial charge is 0.477 e. The standard InChI is InChI=1S/C26H21F2N3O4/c27-20-13-18-23(31(16-7-2-1-3-8-16)14-19(25(18)32)26(33)34)22(28)24(20)30-12-6-9-17(30)15-35-21-10-4-5-11-29-21/h1-5,7-8,10-11,13-14,17H,6,9,12,15H2,(H,33,34)/t17-/m1/s1. The van der Waals surface area contributed by atoms with Gasteiger partial charge in [-0.3, -0.25) is 4.79 Å². The molecule has 178 valence electrons. The summed E-state index contributed by atoms with van der Waals surface area (Å²) in [5.74, 6) is -2.92. The number of fused-ring (bicyclic) bond motifs is 1. The summed E-state index contributed by atoms with van der Waals surface area (Å²) in [4.78, 5) is 30.3. The summed E-state index contributed by atoms with van der Waals surface area (Å²) in [5.41, 5.74) is -1.53. The molecule has 0 amide bonds. The molecule has 1 N–H and O–H groups in total. The van der Waals surface area contributed by atoms with Gasteiger partial charge < -0.3 is 19.3 Å². The third-order valence-corrected chi connectivity index (χ3v) is 6.15. The van der Waals surface area contributed by atoms with Gasteiger partial charge in [0, 0.05) is 30.7 Å². The Balaban J connectivity index is 1.65. The van der Waals surface area contributed by atoms with Crippen LogP contribution in [-0.2, 0) is 0 Å². The zero-order valence-electron chi connectivity index (χ0n) is 18.5. The minimum absolute atomic E-state index is 0.178. The van der Waals surface area contributed by atoms with Crippen molar-refractivity contribution in [2.45, 2.75) is 18.9 Å². The number of aromatic nitrogens is 2. The molecule has 5 rings (SSSR count). The molecule has 1 saturated heterocycles. The molecule has 1 aliphatic heterocycles. The summed E-state index contributed by atoms with van der Waals surface area (Å²) in [6.07, 6.45) is 4.04. The summed E-state index contributed by atoms with van der Waals surface area (Å²) in [6.45, 7) is 0.579. The lowest BCUT2D eigenvalue weighted by Crippen LogP contribution is -2.36. The molecule has 0 radical (unpaired) electrons. The predicted octanol–water partition coefficient (Wildman–Crippen LogP) is 4.41. The average molecular weight is 477 g/mol. The number of rotatable bonds is 6. The maximum Gasteiger partial charge on any atom is 0.341 e. The quantitative estimate of drug-likeness (QED) is 0.443. The molecule has 9 heteroatoms. The van der Waals surface area contributed by atoms with Crippen molar-refractivity contribution in [2.24, 2.45) is 0 Å². The highest BCUT2D eigenvalue weighted by molar-refractivity contribution is 5.94. The van der Waals surface area contributed by atoms with Gasteiger partial charge in [0.2, 0.25) is 11.3 Å². The van der Waals surface area contributed by atoms with E-state index in [1.54, 1.807) is 59.6 Å². The van der Waals surface area contributed by atoms with Crippen molar-refractivity contribution in [3.8, 4) is 11.6 Å². The normalized spacial score (nSPS) is 15.5. The molecular weight excluding hydrogens is 456 g/mol. The highest BCUT2D eigenvalue weighted by atomic mass is 19.1. The molecule has 1 atom stereocenters. The first-order valence-corrected chi connectivity index (χ1v) is 11.1. The molecule has 0 saturated carbocycles. The van der Waals surface area contributed by atoms with E-state index in [1.165, 1.54) is 4.57 Å². The van der Waals surface area contributed by atoms with E-state index < -0.39 is 28.6 Å². The van der Waals surface area contributed by atoms with Crippen LogP contribution in [0.25, 0.3) is 16.6 Å². The molecule has 3 heterocycles. The van der Waals surface area contributed by atoms with Gasteiger partial charge in [0.1, 0.15) is 23.7 Å². The Morgan fingerprint density at radius 1 is 1.14 bits per heavy atom. The van der Waals surface area contributed by atoms with Crippen LogP contribution in [0.2, 0.25) is 0 Å². The Morgan fingerprint density at radius 3 is 2.63 bits per heavy atom. The van der Waals surface area contributed by atoms with Crippen molar-refractivity contribution in [1.82, 2.24) is 9.55 Å². The molecule has 0 spiro atoms. The Hall–Kier alpha value is -4.27. The highest BCUT2D eigenvalue weighted by Gasteiger charge is 2.32. The third kappa shape index (κ3) is 4.09. The molecule has 7 nitrogen and oxygen atoms in total. The number of hydrogen-bond acceptors (Lipinski definition) is 5. The molecule has 0 bridgehead atoms. The molecular formula is C26H21F2N3O4. The number of benzene rings is 2. The monoisotopic (exact) mass is 477 g/mol. The fourth-order valence-corrected chi connectivity index (χ4v) is 4.53. The van der Waals surface area contributed by atoms with E-state index in [4.69, 9.17) is 4.74 Å². The van der Waals surface area contributed by atoms with Crippen LogP contribution in [0.4, 0.5) is 14.5 Å². The van der Waals surface area contributed by atoms with Crippen molar-refractivity contribution in [2.75, 3.05) is 18.1 Å². The van der Waals surface area contributed by atoms with E-state index in [1.807, 2.05) is 0 Å². The summed E-state index contributed by atoms with van der Waals surface area (Å²) >= 11 is 0. The van der Waals surface area contributed by atoms with Gasteiger partial charge in [-0.05, 0) is 37.1 Å². The van der Waals surface area contributed by atoms with E-state index in [0.29, 0.717) is 31.0 Å². The summed E-state index contributed by atoms with van der Waals surface area (Å²) in [7, 11) is 0. The third-order valence-electron chi connectivity index (χ3n) is 6.15. The van der Waals surface area contributed by atoms with Crippen LogP contribution in [0.15, 0.2) is 71.8 Å². The van der Waals surface area contributed by atoms with Crippen LogP contribution in [0.3, 0.4) is 0 Å². The molecule has 1 fully saturated rings. The zero-order valence-corrected chi connectivity index (χ0v) is 18.5. The number of halogens is 2. The predicted molar refractivity (Wildman–Crippen MR) is 127 cm³/mol. The van der Waals surface area contributed by atoms with Gasteiger partial charge in [0.25, 0.3) is 0 Å². The number of para-hydroxylation sites is 1. The smallest absolute Gasteiger partial charge is 0.341 e. The van der Waals surface area contributed by atoms with Gasteiger partial charge in [0.15, 0.2) is 5.82 Å². The van der Waals surface area contributed by atoms with Gasteiger partial charge in [-0.2, -0.15) is 0 Å². The van der Waals surface area contributed by atoms with Gasteiger partial charge in [-0.25, -0.2) is 18.6 Å². The van der Waals surface area contributed by atoms with Gasteiger partial charge >= 0.3 is 5.97 Å². The summed E-state index contributed by atoms with van der Waals surface area (Å²) in [5, 5.41) is 9.18. The Bertz CT molecular complexity index is 1460. The number of carboxylic acids is 1. The van der Waals surface area contributed by atoms with Crippen LogP contribution in [0.5, 0.6) is 5.88 Å². The molecule has 4 aromatic rings. The summed E-state index contributed by atoms with van der Waals surface area (Å²) < 4.78 is 38.6. The number of aromatic carboxylic acids is 1. The van der Waals surface area contributed by atoms with Crippen LogP contribution < -0.4 is 15.1 Å². The van der Waals surface area contributed by atoms with Crippen molar-refractivity contribution < 1.29 is 23.4 Å². The zero-order chi connectivity index (χ0) is 24.5.